The number of amides is 2. The summed E-state index contributed by atoms with van der Waals surface area (Å²) in [5.74, 6) is 0.0169. The van der Waals surface area contributed by atoms with Gasteiger partial charge in [0.1, 0.15) is 5.60 Å². The van der Waals surface area contributed by atoms with Gasteiger partial charge in [0, 0.05) is 20.1 Å². The van der Waals surface area contributed by atoms with Crippen molar-refractivity contribution in [1.29, 1.82) is 0 Å². The number of nitrogens with one attached hydrogen (secondary N) is 1. The van der Waals surface area contributed by atoms with Gasteiger partial charge in [-0.25, -0.2) is 4.79 Å². The number of hydrogen-bond acceptors (Lipinski definition) is 3. The van der Waals surface area contributed by atoms with Crippen LogP contribution in [-0.4, -0.2) is 42.6 Å². The highest BCUT2D eigenvalue weighted by Gasteiger charge is 2.42. The molecule has 0 radical (unpaired) electrons. The monoisotopic (exact) mass is 270 g/mol. The van der Waals surface area contributed by atoms with Gasteiger partial charge in [-0.15, -0.1) is 0 Å². The Labute approximate surface area is 115 Å². The van der Waals surface area contributed by atoms with Crippen LogP contribution in [0.25, 0.3) is 0 Å². The van der Waals surface area contributed by atoms with Crippen molar-refractivity contribution in [2.45, 2.75) is 52.6 Å². The molecule has 0 saturated carbocycles. The molecule has 1 atom stereocenters. The molecule has 5 nitrogen and oxygen atoms in total. The molecule has 0 aromatic rings. The van der Waals surface area contributed by atoms with Gasteiger partial charge in [-0.3, -0.25) is 4.79 Å². The molecular weight excluding hydrogens is 244 g/mol. The smallest absolute Gasteiger partial charge is 0.410 e. The van der Waals surface area contributed by atoms with Crippen LogP contribution in [-0.2, 0) is 9.53 Å². The molecule has 0 spiro atoms. The van der Waals surface area contributed by atoms with Crippen LogP contribution in [0.15, 0.2) is 0 Å². The lowest BCUT2D eigenvalue weighted by Crippen LogP contribution is -2.53. The highest BCUT2D eigenvalue weighted by molar-refractivity contribution is 5.83. The van der Waals surface area contributed by atoms with E-state index in [1.807, 2.05) is 27.7 Å². The van der Waals surface area contributed by atoms with Gasteiger partial charge in [0.15, 0.2) is 0 Å². The lowest BCUT2D eigenvalue weighted by atomic mass is 9.77. The second-order valence-corrected chi connectivity index (χ2v) is 6.22. The van der Waals surface area contributed by atoms with Crippen molar-refractivity contribution in [3.63, 3.8) is 0 Å². The zero-order valence-electron chi connectivity index (χ0n) is 12.7. The molecule has 1 fully saturated rings. The fourth-order valence-corrected chi connectivity index (χ4v) is 2.51. The second kappa shape index (κ2) is 5.80. The SMILES string of the molecule is CCC1(C(=O)NC)CCCN(C(=O)OC(C)(C)C)C1. The summed E-state index contributed by atoms with van der Waals surface area (Å²) in [6.45, 7) is 8.64. The highest BCUT2D eigenvalue weighted by Crippen LogP contribution is 2.34. The summed E-state index contributed by atoms with van der Waals surface area (Å²) < 4.78 is 5.38. The van der Waals surface area contributed by atoms with Crippen molar-refractivity contribution in [3.05, 3.63) is 0 Å². The summed E-state index contributed by atoms with van der Waals surface area (Å²) in [7, 11) is 1.65. The van der Waals surface area contributed by atoms with Crippen LogP contribution in [0, 0.1) is 5.41 Å². The lowest BCUT2D eigenvalue weighted by Gasteiger charge is -2.41. The van der Waals surface area contributed by atoms with Crippen LogP contribution < -0.4 is 5.32 Å². The quantitative estimate of drug-likeness (QED) is 0.836. The summed E-state index contributed by atoms with van der Waals surface area (Å²) in [5.41, 5.74) is -0.972. The number of likely N-dealkylation sites (tertiary alicyclic amines) is 1. The minimum absolute atomic E-state index is 0.0169. The molecule has 1 unspecified atom stereocenters. The Morgan fingerprint density at radius 3 is 2.47 bits per heavy atom. The Hall–Kier alpha value is -1.26. The molecule has 110 valence electrons. The van der Waals surface area contributed by atoms with Crippen LogP contribution >= 0.6 is 0 Å². The third-order valence-corrected chi connectivity index (χ3v) is 3.61. The van der Waals surface area contributed by atoms with E-state index >= 15 is 0 Å². The van der Waals surface area contributed by atoms with Crippen LogP contribution in [0.1, 0.15) is 47.0 Å². The van der Waals surface area contributed by atoms with Gasteiger partial charge in [0.25, 0.3) is 0 Å². The number of nitrogens with zero attached hydrogens (tertiary/aromatic N) is 1. The number of hydrogen-bond donors (Lipinski definition) is 1. The molecule has 0 bridgehead atoms. The Kier molecular flexibility index (Phi) is 4.82. The van der Waals surface area contributed by atoms with Crippen LogP contribution in [0.4, 0.5) is 4.79 Å². The fourth-order valence-electron chi connectivity index (χ4n) is 2.51. The van der Waals surface area contributed by atoms with Crippen molar-refractivity contribution in [3.8, 4) is 0 Å². The van der Waals surface area contributed by atoms with Crippen molar-refractivity contribution in [2.75, 3.05) is 20.1 Å². The number of ether oxygens (including phenoxy) is 1. The number of piperidine rings is 1. The molecule has 5 heteroatoms. The normalized spacial score (nSPS) is 23.9. The zero-order chi connectivity index (χ0) is 14.7. The van der Waals surface area contributed by atoms with E-state index in [0.717, 1.165) is 19.3 Å². The molecule has 0 aromatic heterocycles. The van der Waals surface area contributed by atoms with Gasteiger partial charge in [0.2, 0.25) is 5.91 Å². The molecule has 1 aliphatic heterocycles. The van der Waals surface area contributed by atoms with E-state index in [0.29, 0.717) is 13.1 Å². The molecule has 1 heterocycles. The first-order valence-corrected chi connectivity index (χ1v) is 6.94. The lowest BCUT2D eigenvalue weighted by molar-refractivity contribution is -0.133. The minimum Gasteiger partial charge on any atom is -0.444 e. The molecule has 0 aliphatic carbocycles. The van der Waals surface area contributed by atoms with E-state index in [2.05, 4.69) is 5.32 Å². The Morgan fingerprint density at radius 1 is 1.37 bits per heavy atom. The van der Waals surface area contributed by atoms with Gasteiger partial charge >= 0.3 is 6.09 Å². The molecule has 1 saturated heterocycles. The van der Waals surface area contributed by atoms with Crippen molar-refractivity contribution in [1.82, 2.24) is 10.2 Å². The van der Waals surface area contributed by atoms with Crippen molar-refractivity contribution < 1.29 is 14.3 Å². The molecular formula is C14H26N2O3. The standard InChI is InChI=1S/C14H26N2O3/c1-6-14(11(17)15-5)8-7-9-16(10-14)12(18)19-13(2,3)4/h6-10H2,1-5H3,(H,15,17). The predicted molar refractivity (Wildman–Crippen MR) is 73.8 cm³/mol. The summed E-state index contributed by atoms with van der Waals surface area (Å²) in [5, 5.41) is 2.72. The average Bonchev–Trinajstić information content (AvgIpc) is 2.35. The maximum Gasteiger partial charge on any atom is 0.410 e. The summed E-state index contributed by atoms with van der Waals surface area (Å²) in [6, 6.07) is 0. The highest BCUT2D eigenvalue weighted by atomic mass is 16.6. The van der Waals surface area contributed by atoms with E-state index in [9.17, 15) is 9.59 Å². The Balaban J connectivity index is 2.78. The van der Waals surface area contributed by atoms with Crippen molar-refractivity contribution in [2.24, 2.45) is 5.41 Å². The van der Waals surface area contributed by atoms with E-state index in [1.54, 1.807) is 11.9 Å². The van der Waals surface area contributed by atoms with Gasteiger partial charge < -0.3 is 15.0 Å². The molecule has 19 heavy (non-hydrogen) atoms. The molecule has 1 rings (SSSR count). The maximum atomic E-state index is 12.1. The first kappa shape index (κ1) is 15.8. The predicted octanol–water partition coefficient (Wildman–Crippen LogP) is 2.16. The zero-order valence-corrected chi connectivity index (χ0v) is 12.7. The first-order chi connectivity index (χ1) is 8.74. The van der Waals surface area contributed by atoms with Gasteiger partial charge in [-0.1, -0.05) is 6.92 Å². The third-order valence-electron chi connectivity index (χ3n) is 3.61. The second-order valence-electron chi connectivity index (χ2n) is 6.22. The van der Waals surface area contributed by atoms with E-state index in [4.69, 9.17) is 4.74 Å². The van der Waals surface area contributed by atoms with E-state index in [-0.39, 0.29) is 12.0 Å². The minimum atomic E-state index is -0.504. The van der Waals surface area contributed by atoms with Crippen LogP contribution in [0.3, 0.4) is 0 Å². The fraction of sp³-hybridized carbons (Fsp3) is 0.857. The number of carbonyl (C=O) groups excluding carboxylic acids is 2. The van der Waals surface area contributed by atoms with Gasteiger partial charge in [-0.2, -0.15) is 0 Å². The van der Waals surface area contributed by atoms with E-state index in [1.165, 1.54) is 0 Å². The third kappa shape index (κ3) is 3.85. The number of rotatable bonds is 2. The van der Waals surface area contributed by atoms with Gasteiger partial charge in [0.05, 0.1) is 5.41 Å². The molecule has 0 aromatic carbocycles. The Morgan fingerprint density at radius 2 is 2.00 bits per heavy atom. The largest absolute Gasteiger partial charge is 0.444 e. The van der Waals surface area contributed by atoms with Crippen molar-refractivity contribution >= 4 is 12.0 Å². The number of carbonyl (C=O) groups is 2. The first-order valence-electron chi connectivity index (χ1n) is 6.94. The Bertz CT molecular complexity index is 349. The van der Waals surface area contributed by atoms with Crippen LogP contribution in [0.2, 0.25) is 0 Å². The summed E-state index contributed by atoms with van der Waals surface area (Å²) in [4.78, 5) is 25.8. The maximum absolute atomic E-state index is 12.1. The van der Waals surface area contributed by atoms with Crippen LogP contribution in [0.5, 0.6) is 0 Å². The average molecular weight is 270 g/mol. The molecule has 1 N–H and O–H groups in total. The topological polar surface area (TPSA) is 58.6 Å². The molecule has 2 amide bonds. The summed E-state index contributed by atoms with van der Waals surface area (Å²) in [6.07, 6.45) is 2.06. The van der Waals surface area contributed by atoms with Gasteiger partial charge in [-0.05, 0) is 40.0 Å². The molecule has 1 aliphatic rings. The summed E-state index contributed by atoms with van der Waals surface area (Å²) >= 11 is 0. The van der Waals surface area contributed by atoms with E-state index < -0.39 is 11.0 Å².